The van der Waals surface area contributed by atoms with E-state index in [1.807, 2.05) is 19.1 Å². The van der Waals surface area contributed by atoms with Gasteiger partial charge in [0.2, 0.25) is 0 Å². The highest BCUT2D eigenvalue weighted by atomic mass is 16.2. The number of amides is 1. The van der Waals surface area contributed by atoms with Gasteiger partial charge in [0.1, 0.15) is 12.0 Å². The van der Waals surface area contributed by atoms with Crippen molar-refractivity contribution in [1.82, 2.24) is 15.4 Å². The molecule has 1 amide bonds. The molecule has 0 aliphatic rings. The molecule has 0 saturated carbocycles. The SMILES string of the molecule is Cc1ccccc1C(=O)NNc1ncnc(N(CCC#N)CCC#N)c1N. The maximum Gasteiger partial charge on any atom is 0.269 e. The van der Waals surface area contributed by atoms with Crippen molar-refractivity contribution in [2.75, 3.05) is 29.1 Å². The number of nitrogens with zero attached hydrogens (tertiary/aromatic N) is 5. The zero-order valence-corrected chi connectivity index (χ0v) is 14.9. The predicted octanol–water partition coefficient (Wildman–Crippen LogP) is 1.76. The monoisotopic (exact) mass is 364 g/mol. The van der Waals surface area contributed by atoms with Crippen LogP contribution in [0.25, 0.3) is 0 Å². The Morgan fingerprint density at radius 3 is 2.48 bits per heavy atom. The third-order valence-corrected chi connectivity index (χ3v) is 3.83. The fourth-order valence-electron chi connectivity index (χ4n) is 2.44. The molecular weight excluding hydrogens is 344 g/mol. The van der Waals surface area contributed by atoms with Gasteiger partial charge < -0.3 is 10.6 Å². The zero-order valence-electron chi connectivity index (χ0n) is 14.9. The summed E-state index contributed by atoms with van der Waals surface area (Å²) in [6.07, 6.45) is 1.84. The van der Waals surface area contributed by atoms with Gasteiger partial charge in [0.15, 0.2) is 11.6 Å². The molecule has 0 unspecified atom stereocenters. The van der Waals surface area contributed by atoms with Gasteiger partial charge in [-0.3, -0.25) is 15.6 Å². The molecule has 0 aliphatic heterocycles. The van der Waals surface area contributed by atoms with Gasteiger partial charge in [-0.15, -0.1) is 0 Å². The number of hydrazine groups is 1. The van der Waals surface area contributed by atoms with Crippen molar-refractivity contribution in [2.45, 2.75) is 19.8 Å². The van der Waals surface area contributed by atoms with Gasteiger partial charge in [0.05, 0.1) is 25.0 Å². The number of rotatable bonds is 8. The second kappa shape index (κ2) is 9.59. The van der Waals surface area contributed by atoms with Crippen LogP contribution in [0.4, 0.5) is 17.3 Å². The van der Waals surface area contributed by atoms with Gasteiger partial charge in [0.25, 0.3) is 5.91 Å². The number of carbonyl (C=O) groups is 1. The molecule has 2 aromatic rings. The molecule has 2 rings (SSSR count). The lowest BCUT2D eigenvalue weighted by atomic mass is 10.1. The van der Waals surface area contributed by atoms with Crippen molar-refractivity contribution in [2.24, 2.45) is 0 Å². The van der Waals surface area contributed by atoms with Crippen LogP contribution in [0.15, 0.2) is 30.6 Å². The van der Waals surface area contributed by atoms with Gasteiger partial charge in [-0.05, 0) is 18.6 Å². The summed E-state index contributed by atoms with van der Waals surface area (Å²) in [5, 5.41) is 17.6. The van der Waals surface area contributed by atoms with Crippen LogP contribution < -0.4 is 21.5 Å². The third-order valence-electron chi connectivity index (χ3n) is 3.83. The molecule has 9 nitrogen and oxygen atoms in total. The minimum atomic E-state index is -0.321. The number of nitriles is 2. The third kappa shape index (κ3) is 5.06. The van der Waals surface area contributed by atoms with Crippen molar-refractivity contribution in [3.05, 3.63) is 41.7 Å². The number of benzene rings is 1. The summed E-state index contributed by atoms with van der Waals surface area (Å²) in [6, 6.07) is 11.3. The smallest absolute Gasteiger partial charge is 0.269 e. The Kier molecular flexibility index (Phi) is 6.91. The van der Waals surface area contributed by atoms with Crippen LogP contribution in [0.5, 0.6) is 0 Å². The van der Waals surface area contributed by atoms with Gasteiger partial charge in [-0.25, -0.2) is 9.97 Å². The van der Waals surface area contributed by atoms with E-state index in [1.54, 1.807) is 17.0 Å². The van der Waals surface area contributed by atoms with E-state index in [-0.39, 0.29) is 30.3 Å². The van der Waals surface area contributed by atoms with Crippen molar-refractivity contribution in [3.8, 4) is 12.1 Å². The van der Waals surface area contributed by atoms with Crippen LogP contribution in [0.3, 0.4) is 0 Å². The van der Waals surface area contributed by atoms with Crippen molar-refractivity contribution < 1.29 is 4.79 Å². The highest BCUT2D eigenvalue weighted by molar-refractivity contribution is 5.96. The molecular formula is C18H20N8O. The Labute approximate surface area is 157 Å². The van der Waals surface area contributed by atoms with Crippen LogP contribution in [0.2, 0.25) is 0 Å². The molecule has 1 aromatic heterocycles. The predicted molar refractivity (Wildman–Crippen MR) is 101 cm³/mol. The van der Waals surface area contributed by atoms with Crippen LogP contribution in [-0.2, 0) is 0 Å². The van der Waals surface area contributed by atoms with Gasteiger partial charge in [-0.2, -0.15) is 10.5 Å². The van der Waals surface area contributed by atoms with Gasteiger partial charge >= 0.3 is 0 Å². The maximum absolute atomic E-state index is 12.3. The van der Waals surface area contributed by atoms with Crippen LogP contribution >= 0.6 is 0 Å². The average Bonchev–Trinajstić information content (AvgIpc) is 2.68. The molecule has 9 heteroatoms. The number of nitrogens with one attached hydrogen (secondary N) is 2. The highest BCUT2D eigenvalue weighted by Crippen LogP contribution is 2.26. The lowest BCUT2D eigenvalue weighted by Gasteiger charge is -2.23. The van der Waals surface area contributed by atoms with E-state index >= 15 is 0 Å². The number of anilines is 3. The van der Waals surface area contributed by atoms with E-state index in [2.05, 4.69) is 33.0 Å². The van der Waals surface area contributed by atoms with E-state index in [9.17, 15) is 4.79 Å². The lowest BCUT2D eigenvalue weighted by molar-refractivity contribution is 0.0962. The standard InChI is InChI=1S/C18H20N8O/c1-13-6-2-3-7-14(13)18(27)25-24-16-15(21)17(23-12-22-16)26(10-4-8-19)11-5-9-20/h2-3,6-7,12H,4-5,10-11,21H2,1H3,(H,25,27)(H,22,23,24). The topological polar surface area (TPSA) is 144 Å². The second-order valence-electron chi connectivity index (χ2n) is 5.66. The summed E-state index contributed by atoms with van der Waals surface area (Å²) in [5.74, 6) is 0.322. The fourth-order valence-corrected chi connectivity index (χ4v) is 2.44. The minimum absolute atomic E-state index is 0.221. The summed E-state index contributed by atoms with van der Waals surface area (Å²) in [4.78, 5) is 22.3. The number of nitrogen functional groups attached to an aromatic ring is 1. The van der Waals surface area contributed by atoms with Crippen LogP contribution in [0, 0.1) is 29.6 Å². The van der Waals surface area contributed by atoms with Gasteiger partial charge in [0, 0.05) is 18.7 Å². The zero-order chi connectivity index (χ0) is 19.6. The summed E-state index contributed by atoms with van der Waals surface area (Å²) in [7, 11) is 0. The first-order chi connectivity index (χ1) is 13.1. The lowest BCUT2D eigenvalue weighted by Crippen LogP contribution is -2.32. The molecule has 27 heavy (non-hydrogen) atoms. The maximum atomic E-state index is 12.3. The van der Waals surface area contributed by atoms with E-state index < -0.39 is 0 Å². The van der Waals surface area contributed by atoms with E-state index in [0.29, 0.717) is 24.5 Å². The van der Waals surface area contributed by atoms with Crippen molar-refractivity contribution in [3.63, 3.8) is 0 Å². The van der Waals surface area contributed by atoms with Crippen molar-refractivity contribution >= 4 is 23.2 Å². The molecule has 0 atom stereocenters. The Morgan fingerprint density at radius 1 is 1.19 bits per heavy atom. The number of hydrogen-bond acceptors (Lipinski definition) is 8. The number of aryl methyl sites for hydroxylation is 1. The van der Waals surface area contributed by atoms with Gasteiger partial charge in [-0.1, -0.05) is 18.2 Å². The number of nitrogens with two attached hydrogens (primary N) is 1. The van der Waals surface area contributed by atoms with E-state index in [0.717, 1.165) is 5.56 Å². The van der Waals surface area contributed by atoms with Crippen LogP contribution in [-0.4, -0.2) is 29.0 Å². The first kappa shape index (κ1) is 19.5. The molecule has 0 fully saturated rings. The van der Waals surface area contributed by atoms with E-state index in [1.165, 1.54) is 6.33 Å². The molecule has 4 N–H and O–H groups in total. The highest BCUT2D eigenvalue weighted by Gasteiger charge is 2.16. The molecule has 1 heterocycles. The Morgan fingerprint density at radius 2 is 1.85 bits per heavy atom. The molecule has 0 radical (unpaired) electrons. The Balaban J connectivity index is 2.15. The largest absolute Gasteiger partial charge is 0.393 e. The summed E-state index contributed by atoms with van der Waals surface area (Å²) in [5.41, 5.74) is 13.0. The average molecular weight is 364 g/mol. The summed E-state index contributed by atoms with van der Waals surface area (Å²) in [6.45, 7) is 2.61. The van der Waals surface area contributed by atoms with E-state index in [4.69, 9.17) is 16.3 Å². The second-order valence-corrected chi connectivity index (χ2v) is 5.66. The molecule has 0 saturated heterocycles. The normalized spacial score (nSPS) is 9.74. The molecule has 0 spiro atoms. The number of carbonyl (C=O) groups excluding carboxylic acids is 1. The summed E-state index contributed by atoms with van der Waals surface area (Å²) < 4.78 is 0. The minimum Gasteiger partial charge on any atom is -0.393 e. The Bertz CT molecular complexity index is 866. The number of hydrogen-bond donors (Lipinski definition) is 3. The van der Waals surface area contributed by atoms with Crippen LogP contribution in [0.1, 0.15) is 28.8 Å². The first-order valence-electron chi connectivity index (χ1n) is 8.29. The summed E-state index contributed by atoms with van der Waals surface area (Å²) >= 11 is 0. The molecule has 138 valence electrons. The molecule has 0 bridgehead atoms. The first-order valence-corrected chi connectivity index (χ1v) is 8.29. The molecule has 0 aliphatic carbocycles. The Hall–Kier alpha value is -3.85. The molecule has 1 aromatic carbocycles. The fraction of sp³-hybridized carbons (Fsp3) is 0.278. The quantitative estimate of drug-likeness (QED) is 0.601. The number of aromatic nitrogens is 2. The van der Waals surface area contributed by atoms with Crippen molar-refractivity contribution in [1.29, 1.82) is 10.5 Å².